The number of allylic oxidation sites excluding steroid dienone is 13. The zero-order valence-electron chi connectivity index (χ0n) is 52.3. The minimum absolute atomic E-state index is 0.0355. The zero-order valence-corrected chi connectivity index (χ0v) is 53.2. The van der Waals surface area contributed by atoms with Crippen LogP contribution >= 0.6 is 7.82 Å². The van der Waals surface area contributed by atoms with Crippen LogP contribution in [0.5, 0.6) is 0 Å². The fraction of sp³-hybridized carbons (Fsp3) is 0.768. The standard InChI is InChI=1S/C69H125N2O7P/c1-7-10-13-16-19-22-25-28-30-31-32-33-34-35-36-37-38-39-40-41-42-44-47-50-53-56-59-62-69(73)78-67(60-57-54-51-48-45-27-24-21-18-15-12-9-3)66(65-77-79(74,75)76-64-63-71(4,5)6)70-68(72)61-58-55-52-49-46-43-29-26-23-20-17-14-11-8-2/h11,14,19-20,22-23,28,30,32-33,35-36,57,60,66-67H,7-10,12-13,15-18,21,24-27,29,31,34,37-56,58-59,61-65H2,1-6H3,(H-,70,72,74,75)/p+1/b14-11+,22-19-,23-20+,30-28-,33-32-,36-35-,60-57-. The molecule has 0 aliphatic carbocycles. The van der Waals surface area contributed by atoms with Crippen LogP contribution in [0.3, 0.4) is 0 Å². The van der Waals surface area contributed by atoms with Crippen LogP contribution in [0.25, 0.3) is 0 Å². The molecule has 0 aromatic rings. The number of phosphoric ester groups is 1. The molecule has 0 fully saturated rings. The average molecular weight is 1130 g/mol. The SMILES string of the molecule is CC/C=C/C/C=C/CCCCCCCCCC(=O)NC(COP(=O)(O)OCC[N+](C)(C)C)C(/C=C\CCCCCCCCCCCC)OC(=O)CCCCCCCCCCCCC/C=C\C/C=C\C/C=C\C/C=C\CCCCC. The lowest BCUT2D eigenvalue weighted by atomic mass is 10.0. The molecule has 0 spiro atoms. The molecule has 0 saturated heterocycles. The van der Waals surface area contributed by atoms with Crippen LogP contribution in [-0.2, 0) is 27.9 Å². The number of esters is 1. The first-order chi connectivity index (χ1) is 38.4. The number of likely N-dealkylation sites (N-methyl/N-ethyl adjacent to an activating group) is 1. The second kappa shape index (κ2) is 58.4. The molecule has 0 heterocycles. The van der Waals surface area contributed by atoms with Crippen molar-refractivity contribution in [2.75, 3.05) is 40.9 Å². The number of phosphoric acid groups is 1. The third-order valence-electron chi connectivity index (χ3n) is 14.3. The molecule has 3 unspecified atom stereocenters. The van der Waals surface area contributed by atoms with Gasteiger partial charge in [0, 0.05) is 12.8 Å². The molecule has 79 heavy (non-hydrogen) atoms. The normalized spacial score (nSPS) is 14.2. The molecule has 10 heteroatoms. The number of quaternary nitrogens is 1. The predicted octanol–water partition coefficient (Wildman–Crippen LogP) is 20.6. The van der Waals surface area contributed by atoms with E-state index in [1.165, 1.54) is 154 Å². The van der Waals surface area contributed by atoms with E-state index in [2.05, 4.69) is 99.0 Å². The summed E-state index contributed by atoms with van der Waals surface area (Å²) in [5.41, 5.74) is 0. The first kappa shape index (κ1) is 76.2. The van der Waals surface area contributed by atoms with E-state index in [0.717, 1.165) is 103 Å². The number of unbranched alkanes of at least 4 members (excludes halogenated alkanes) is 31. The molecule has 2 N–H and O–H groups in total. The number of nitrogens with one attached hydrogen (secondary N) is 1. The Morgan fingerprint density at radius 2 is 0.810 bits per heavy atom. The molecule has 3 atom stereocenters. The Balaban J connectivity index is 5.07. The number of carbonyl (C=O) groups excluding carboxylic acids is 2. The van der Waals surface area contributed by atoms with Crippen LogP contribution in [0.4, 0.5) is 0 Å². The van der Waals surface area contributed by atoms with Crippen molar-refractivity contribution >= 4 is 19.7 Å². The third-order valence-corrected chi connectivity index (χ3v) is 15.3. The summed E-state index contributed by atoms with van der Waals surface area (Å²) in [5, 5.41) is 3.05. The minimum Gasteiger partial charge on any atom is -0.456 e. The molecule has 0 saturated carbocycles. The highest BCUT2D eigenvalue weighted by Gasteiger charge is 2.30. The first-order valence-corrected chi connectivity index (χ1v) is 34.4. The number of nitrogens with zero attached hydrogens (tertiary/aromatic N) is 1. The van der Waals surface area contributed by atoms with Crippen molar-refractivity contribution in [3.63, 3.8) is 0 Å². The van der Waals surface area contributed by atoms with Crippen molar-refractivity contribution < 1.29 is 37.3 Å². The highest BCUT2D eigenvalue weighted by molar-refractivity contribution is 7.47. The molecular formula is C69H126N2O7P+. The monoisotopic (exact) mass is 1130 g/mol. The summed E-state index contributed by atoms with van der Waals surface area (Å²) in [6.07, 6.45) is 77.3. The number of ether oxygens (including phenoxy) is 1. The smallest absolute Gasteiger partial charge is 0.456 e. The van der Waals surface area contributed by atoms with E-state index in [9.17, 15) is 19.0 Å². The zero-order chi connectivity index (χ0) is 57.9. The highest BCUT2D eigenvalue weighted by Crippen LogP contribution is 2.43. The van der Waals surface area contributed by atoms with Crippen molar-refractivity contribution in [3.05, 3.63) is 85.1 Å². The molecule has 9 nitrogen and oxygen atoms in total. The maximum Gasteiger partial charge on any atom is 0.472 e. The molecule has 1 amide bonds. The van der Waals surface area contributed by atoms with Crippen molar-refractivity contribution in [3.8, 4) is 0 Å². The van der Waals surface area contributed by atoms with E-state index in [1.54, 1.807) is 0 Å². The summed E-state index contributed by atoms with van der Waals surface area (Å²) in [4.78, 5) is 37.7. The first-order valence-electron chi connectivity index (χ1n) is 32.9. The molecule has 0 bridgehead atoms. The van der Waals surface area contributed by atoms with Gasteiger partial charge in [0.2, 0.25) is 5.91 Å². The number of carbonyl (C=O) groups is 2. The van der Waals surface area contributed by atoms with Gasteiger partial charge in [-0.3, -0.25) is 18.6 Å². The van der Waals surface area contributed by atoms with Crippen LogP contribution in [-0.4, -0.2) is 74.3 Å². The van der Waals surface area contributed by atoms with Gasteiger partial charge in [-0.05, 0) is 102 Å². The van der Waals surface area contributed by atoms with Crippen LogP contribution in [0.1, 0.15) is 290 Å². The summed E-state index contributed by atoms with van der Waals surface area (Å²) in [5.74, 6) is -0.516. The van der Waals surface area contributed by atoms with E-state index in [1.807, 2.05) is 33.3 Å². The molecular weight excluding hydrogens is 1000 g/mol. The van der Waals surface area contributed by atoms with Crippen molar-refractivity contribution in [2.24, 2.45) is 0 Å². The summed E-state index contributed by atoms with van der Waals surface area (Å²) >= 11 is 0. The second-order valence-corrected chi connectivity index (χ2v) is 24.7. The average Bonchev–Trinajstić information content (AvgIpc) is 3.41. The van der Waals surface area contributed by atoms with Gasteiger partial charge in [0.25, 0.3) is 0 Å². The lowest BCUT2D eigenvalue weighted by molar-refractivity contribution is -0.870. The highest BCUT2D eigenvalue weighted by atomic mass is 31.2. The summed E-state index contributed by atoms with van der Waals surface area (Å²) in [6.45, 7) is 6.88. The molecule has 0 aromatic heterocycles. The van der Waals surface area contributed by atoms with Gasteiger partial charge >= 0.3 is 13.8 Å². The molecule has 0 aliphatic heterocycles. The van der Waals surface area contributed by atoms with E-state index in [4.69, 9.17) is 13.8 Å². The van der Waals surface area contributed by atoms with Gasteiger partial charge < -0.3 is 19.4 Å². The van der Waals surface area contributed by atoms with Crippen LogP contribution < -0.4 is 5.32 Å². The largest absolute Gasteiger partial charge is 0.472 e. The minimum atomic E-state index is -4.45. The number of rotatable bonds is 59. The molecule has 0 aliphatic rings. The van der Waals surface area contributed by atoms with Gasteiger partial charge in [0.05, 0.1) is 33.8 Å². The van der Waals surface area contributed by atoms with Gasteiger partial charge in [0.15, 0.2) is 0 Å². The van der Waals surface area contributed by atoms with Crippen molar-refractivity contribution in [1.29, 1.82) is 0 Å². The van der Waals surface area contributed by atoms with Gasteiger partial charge in [-0.25, -0.2) is 4.57 Å². The Morgan fingerprint density at radius 1 is 0.456 bits per heavy atom. The fourth-order valence-corrected chi connectivity index (χ4v) is 9.99. The Labute approximate surface area is 488 Å². The van der Waals surface area contributed by atoms with E-state index in [0.29, 0.717) is 17.4 Å². The van der Waals surface area contributed by atoms with Crippen LogP contribution in [0.2, 0.25) is 0 Å². The summed E-state index contributed by atoms with van der Waals surface area (Å²) < 4.78 is 30.7. The molecule has 0 radical (unpaired) electrons. The van der Waals surface area contributed by atoms with Crippen molar-refractivity contribution in [1.82, 2.24) is 5.32 Å². The summed E-state index contributed by atoms with van der Waals surface area (Å²) in [6, 6.07) is -0.857. The van der Waals surface area contributed by atoms with Crippen LogP contribution in [0, 0.1) is 0 Å². The van der Waals surface area contributed by atoms with E-state index < -0.39 is 20.0 Å². The fourth-order valence-electron chi connectivity index (χ4n) is 9.26. The number of amides is 1. The van der Waals surface area contributed by atoms with Gasteiger partial charge in [-0.2, -0.15) is 0 Å². The molecule has 0 aromatic carbocycles. The van der Waals surface area contributed by atoms with E-state index >= 15 is 0 Å². The Morgan fingerprint density at radius 3 is 1.24 bits per heavy atom. The molecule has 0 rings (SSSR count). The lowest BCUT2D eigenvalue weighted by Crippen LogP contribution is -2.47. The predicted molar refractivity (Wildman–Crippen MR) is 341 cm³/mol. The van der Waals surface area contributed by atoms with Gasteiger partial charge in [-0.1, -0.05) is 260 Å². The number of hydrogen-bond acceptors (Lipinski definition) is 6. The second-order valence-electron chi connectivity index (χ2n) is 23.3. The van der Waals surface area contributed by atoms with Gasteiger partial charge in [-0.15, -0.1) is 0 Å². The van der Waals surface area contributed by atoms with Gasteiger partial charge in [0.1, 0.15) is 19.3 Å². The van der Waals surface area contributed by atoms with E-state index in [-0.39, 0.29) is 31.5 Å². The molecule has 458 valence electrons. The number of hydrogen-bond donors (Lipinski definition) is 2. The third kappa shape index (κ3) is 59.6. The topological polar surface area (TPSA) is 111 Å². The van der Waals surface area contributed by atoms with Crippen molar-refractivity contribution in [2.45, 2.75) is 303 Å². The maximum absolute atomic E-state index is 13.5. The lowest BCUT2D eigenvalue weighted by Gasteiger charge is -2.27. The Bertz CT molecular complexity index is 1630. The Kier molecular flexibility index (Phi) is 56.3. The quantitative estimate of drug-likeness (QED) is 0.0205. The maximum atomic E-state index is 13.5. The van der Waals surface area contributed by atoms with Crippen LogP contribution in [0.15, 0.2) is 85.1 Å². The summed E-state index contributed by atoms with van der Waals surface area (Å²) in [7, 11) is 1.48. The Hall–Kier alpha value is -2.81.